The normalized spacial score (nSPS) is 11.2. The fourth-order valence-corrected chi connectivity index (χ4v) is 3.10. The number of nitrogens with zero attached hydrogens (tertiary/aromatic N) is 1. The fraction of sp³-hybridized carbons (Fsp3) is 0.0714. The summed E-state index contributed by atoms with van der Waals surface area (Å²) in [6.07, 6.45) is 0. The molecular weight excluding hydrogens is 393 g/mol. The summed E-state index contributed by atoms with van der Waals surface area (Å²) >= 11 is 13.1. The fourth-order valence-electron chi connectivity index (χ4n) is 1.90. The van der Waals surface area contributed by atoms with Gasteiger partial charge in [-0.25, -0.2) is 4.98 Å². The van der Waals surface area contributed by atoms with Crippen LogP contribution in [0.15, 0.2) is 43.7 Å². The highest BCUT2D eigenvalue weighted by Gasteiger charge is 2.14. The van der Waals surface area contributed by atoms with Crippen LogP contribution in [0.2, 0.25) is 5.02 Å². The second-order valence-electron chi connectivity index (χ2n) is 4.24. The maximum absolute atomic E-state index is 6.20. The van der Waals surface area contributed by atoms with E-state index in [4.69, 9.17) is 16.0 Å². The monoisotopic (exact) mass is 399 g/mol. The lowest BCUT2D eigenvalue weighted by atomic mass is 10.2. The molecule has 3 rings (SSSR count). The van der Waals surface area contributed by atoms with E-state index in [9.17, 15) is 0 Å². The molecule has 0 amide bonds. The average molecular weight is 401 g/mol. The van der Waals surface area contributed by atoms with Crippen molar-refractivity contribution in [1.82, 2.24) is 4.98 Å². The maximum atomic E-state index is 6.20. The van der Waals surface area contributed by atoms with Crippen LogP contribution < -0.4 is 0 Å². The van der Waals surface area contributed by atoms with E-state index in [2.05, 4.69) is 36.8 Å². The van der Waals surface area contributed by atoms with E-state index in [1.54, 1.807) is 0 Å². The first-order valence-corrected chi connectivity index (χ1v) is 7.53. The van der Waals surface area contributed by atoms with Crippen molar-refractivity contribution in [2.45, 2.75) is 6.92 Å². The number of halogens is 3. The average Bonchev–Trinajstić information content (AvgIpc) is 2.76. The summed E-state index contributed by atoms with van der Waals surface area (Å²) in [5, 5.41) is 0.614. The molecule has 0 radical (unpaired) electrons. The third-order valence-corrected chi connectivity index (χ3v) is 4.16. The van der Waals surface area contributed by atoms with Crippen LogP contribution in [0.5, 0.6) is 0 Å². The molecule has 96 valence electrons. The maximum Gasteiger partial charge on any atom is 0.228 e. The van der Waals surface area contributed by atoms with Crippen LogP contribution in [0.25, 0.3) is 22.6 Å². The molecule has 0 N–H and O–H groups in total. The molecule has 0 atom stereocenters. The lowest BCUT2D eigenvalue weighted by Crippen LogP contribution is -1.79. The molecule has 19 heavy (non-hydrogen) atoms. The standard InChI is InChI=1S/C14H8Br2ClNO/c1-7-4-10(16)13-12(5-7)18-14(19-13)9-6-8(15)2-3-11(9)17/h2-6H,1H3. The van der Waals surface area contributed by atoms with E-state index in [1.807, 2.05) is 37.3 Å². The van der Waals surface area contributed by atoms with Gasteiger partial charge in [0.1, 0.15) is 5.52 Å². The van der Waals surface area contributed by atoms with Gasteiger partial charge in [0.2, 0.25) is 5.89 Å². The van der Waals surface area contributed by atoms with E-state index >= 15 is 0 Å². The Hall–Kier alpha value is -0.840. The number of aromatic nitrogens is 1. The zero-order valence-electron chi connectivity index (χ0n) is 9.88. The molecule has 0 spiro atoms. The molecule has 1 heterocycles. The molecule has 5 heteroatoms. The van der Waals surface area contributed by atoms with Gasteiger partial charge in [-0.2, -0.15) is 0 Å². The van der Waals surface area contributed by atoms with Crippen LogP contribution in [0.3, 0.4) is 0 Å². The Morgan fingerprint density at radius 3 is 2.74 bits per heavy atom. The van der Waals surface area contributed by atoms with E-state index in [0.29, 0.717) is 10.9 Å². The Kier molecular flexibility index (Phi) is 3.41. The molecule has 0 bridgehead atoms. The van der Waals surface area contributed by atoms with Crippen molar-refractivity contribution in [3.63, 3.8) is 0 Å². The van der Waals surface area contributed by atoms with Gasteiger partial charge in [-0.05, 0) is 58.7 Å². The summed E-state index contributed by atoms with van der Waals surface area (Å²) in [6, 6.07) is 9.58. The van der Waals surface area contributed by atoms with Gasteiger partial charge in [0.15, 0.2) is 5.58 Å². The smallest absolute Gasteiger partial charge is 0.228 e. The predicted molar refractivity (Wildman–Crippen MR) is 84.6 cm³/mol. The molecule has 0 saturated heterocycles. The van der Waals surface area contributed by atoms with Crippen molar-refractivity contribution in [3.8, 4) is 11.5 Å². The minimum absolute atomic E-state index is 0.521. The Balaban J connectivity index is 2.26. The molecular formula is C14H8Br2ClNO. The van der Waals surface area contributed by atoms with Crippen LogP contribution in [0.4, 0.5) is 0 Å². The van der Waals surface area contributed by atoms with Gasteiger partial charge < -0.3 is 4.42 Å². The first kappa shape index (κ1) is 13.2. The quantitative estimate of drug-likeness (QED) is 0.501. The molecule has 0 aliphatic carbocycles. The number of rotatable bonds is 1. The van der Waals surface area contributed by atoms with Crippen molar-refractivity contribution < 1.29 is 4.42 Å². The zero-order valence-corrected chi connectivity index (χ0v) is 13.8. The third-order valence-electron chi connectivity index (χ3n) is 2.75. The SMILES string of the molecule is Cc1cc(Br)c2oc(-c3cc(Br)ccc3Cl)nc2c1. The topological polar surface area (TPSA) is 26.0 Å². The van der Waals surface area contributed by atoms with Gasteiger partial charge in [0, 0.05) is 4.47 Å². The van der Waals surface area contributed by atoms with Gasteiger partial charge >= 0.3 is 0 Å². The summed E-state index contributed by atoms with van der Waals surface area (Å²) in [5.41, 5.74) is 3.45. The van der Waals surface area contributed by atoms with Gasteiger partial charge in [0.25, 0.3) is 0 Å². The van der Waals surface area contributed by atoms with E-state index in [1.165, 1.54) is 0 Å². The Morgan fingerprint density at radius 2 is 1.95 bits per heavy atom. The van der Waals surface area contributed by atoms with Gasteiger partial charge in [0.05, 0.1) is 15.1 Å². The molecule has 0 unspecified atom stereocenters. The largest absolute Gasteiger partial charge is 0.435 e. The Bertz CT molecular complexity index is 782. The first-order valence-electron chi connectivity index (χ1n) is 5.57. The highest BCUT2D eigenvalue weighted by Crippen LogP contribution is 2.34. The Labute approximate surface area is 132 Å². The number of benzene rings is 2. The molecule has 1 aromatic heterocycles. The molecule has 0 aliphatic heterocycles. The minimum atomic E-state index is 0.521. The highest BCUT2D eigenvalue weighted by atomic mass is 79.9. The lowest BCUT2D eigenvalue weighted by molar-refractivity contribution is 0.618. The second kappa shape index (κ2) is 4.93. The van der Waals surface area contributed by atoms with Crippen molar-refractivity contribution in [3.05, 3.63) is 49.9 Å². The number of aryl methyl sites for hydroxylation is 1. The van der Waals surface area contributed by atoms with Crippen molar-refractivity contribution in [1.29, 1.82) is 0 Å². The van der Waals surface area contributed by atoms with Crippen molar-refractivity contribution >= 4 is 54.6 Å². The van der Waals surface area contributed by atoms with E-state index in [-0.39, 0.29) is 0 Å². The first-order chi connectivity index (χ1) is 9.04. The molecule has 2 aromatic carbocycles. The van der Waals surface area contributed by atoms with Crippen LogP contribution >= 0.6 is 43.5 Å². The van der Waals surface area contributed by atoms with Crippen molar-refractivity contribution in [2.75, 3.05) is 0 Å². The molecule has 0 aliphatic rings. The predicted octanol–water partition coefficient (Wildman–Crippen LogP) is 5.98. The molecule has 2 nitrogen and oxygen atoms in total. The third kappa shape index (κ3) is 2.45. The summed E-state index contributed by atoms with van der Waals surface area (Å²) in [7, 11) is 0. The van der Waals surface area contributed by atoms with Crippen LogP contribution in [0.1, 0.15) is 5.56 Å². The molecule has 0 saturated carbocycles. The van der Waals surface area contributed by atoms with E-state index in [0.717, 1.165) is 31.2 Å². The summed E-state index contributed by atoms with van der Waals surface area (Å²) in [5.74, 6) is 0.521. The van der Waals surface area contributed by atoms with Gasteiger partial charge in [-0.1, -0.05) is 27.5 Å². The minimum Gasteiger partial charge on any atom is -0.435 e. The highest BCUT2D eigenvalue weighted by molar-refractivity contribution is 9.11. The van der Waals surface area contributed by atoms with Crippen LogP contribution in [0, 0.1) is 6.92 Å². The van der Waals surface area contributed by atoms with Crippen molar-refractivity contribution in [2.24, 2.45) is 0 Å². The Morgan fingerprint density at radius 1 is 1.16 bits per heavy atom. The van der Waals surface area contributed by atoms with Crippen LogP contribution in [-0.4, -0.2) is 4.98 Å². The van der Waals surface area contributed by atoms with Gasteiger partial charge in [-0.15, -0.1) is 0 Å². The lowest BCUT2D eigenvalue weighted by Gasteiger charge is -1.99. The summed E-state index contributed by atoms with van der Waals surface area (Å²) in [4.78, 5) is 4.50. The number of hydrogen-bond donors (Lipinski definition) is 0. The zero-order chi connectivity index (χ0) is 13.6. The summed E-state index contributed by atoms with van der Waals surface area (Å²) in [6.45, 7) is 2.02. The number of fused-ring (bicyclic) bond motifs is 1. The number of hydrogen-bond acceptors (Lipinski definition) is 2. The second-order valence-corrected chi connectivity index (χ2v) is 6.42. The van der Waals surface area contributed by atoms with Crippen LogP contribution in [-0.2, 0) is 0 Å². The summed E-state index contributed by atoms with van der Waals surface area (Å²) < 4.78 is 7.64. The van der Waals surface area contributed by atoms with Gasteiger partial charge in [-0.3, -0.25) is 0 Å². The molecule has 3 aromatic rings. The molecule has 0 fully saturated rings. The number of oxazole rings is 1. The van der Waals surface area contributed by atoms with E-state index < -0.39 is 0 Å².